The minimum Gasteiger partial charge on any atom is -0.490 e. The van der Waals surface area contributed by atoms with Gasteiger partial charge in [0.15, 0.2) is 0 Å². The van der Waals surface area contributed by atoms with Crippen molar-refractivity contribution in [2.45, 2.75) is 17.4 Å². The van der Waals surface area contributed by atoms with E-state index in [1.165, 1.54) is 6.07 Å². The number of hydrogen-bond donors (Lipinski definition) is 2. The number of ether oxygens (including phenoxy) is 1. The summed E-state index contributed by atoms with van der Waals surface area (Å²) < 4.78 is 33.3. The van der Waals surface area contributed by atoms with E-state index in [1.807, 2.05) is 6.07 Å². The zero-order valence-corrected chi connectivity index (χ0v) is 13.2. The maximum absolute atomic E-state index is 12.6. The lowest BCUT2D eigenvalue weighted by molar-refractivity contribution is 0.256. The smallest absolute Gasteiger partial charge is 0.265 e. The van der Waals surface area contributed by atoms with Gasteiger partial charge in [-0.2, -0.15) is 0 Å². The standard InChI is InChI=1S/C15H15ClN2O3S/c16-11-6-10-7-12(17)9-21-15(10)14(8-11)22(19,20)18-13-4-2-1-3-5-13/h1-6,8,12,18H,7,9,17H2/t12-/m1/s1. The Morgan fingerprint density at radius 3 is 2.68 bits per heavy atom. The van der Waals surface area contributed by atoms with E-state index < -0.39 is 10.0 Å². The maximum atomic E-state index is 12.6. The molecule has 1 aliphatic rings. The van der Waals surface area contributed by atoms with E-state index >= 15 is 0 Å². The van der Waals surface area contributed by atoms with E-state index in [0.29, 0.717) is 28.4 Å². The number of nitrogens with one attached hydrogen (secondary N) is 1. The van der Waals surface area contributed by atoms with Crippen LogP contribution < -0.4 is 15.2 Å². The number of nitrogens with two attached hydrogens (primary N) is 1. The van der Waals surface area contributed by atoms with Crippen LogP contribution in [0, 0.1) is 0 Å². The molecule has 0 amide bonds. The molecule has 0 fully saturated rings. The van der Waals surface area contributed by atoms with Gasteiger partial charge in [-0.3, -0.25) is 4.72 Å². The molecule has 1 aliphatic heterocycles. The van der Waals surface area contributed by atoms with Crippen molar-refractivity contribution in [1.29, 1.82) is 0 Å². The van der Waals surface area contributed by atoms with Crippen LogP contribution in [0.5, 0.6) is 5.75 Å². The molecule has 0 saturated carbocycles. The summed E-state index contributed by atoms with van der Waals surface area (Å²) in [6, 6.07) is 11.6. The maximum Gasteiger partial charge on any atom is 0.265 e. The molecule has 1 heterocycles. The SMILES string of the molecule is N[C@H]1COc2c(cc(Cl)cc2S(=O)(=O)Nc2ccccc2)C1. The Balaban J connectivity index is 2.04. The average molecular weight is 339 g/mol. The summed E-state index contributed by atoms with van der Waals surface area (Å²) in [6.07, 6.45) is 0.531. The van der Waals surface area contributed by atoms with E-state index in [1.54, 1.807) is 30.3 Å². The molecule has 1 atom stereocenters. The molecule has 116 valence electrons. The van der Waals surface area contributed by atoms with Crippen LogP contribution >= 0.6 is 11.6 Å². The summed E-state index contributed by atoms with van der Waals surface area (Å²) in [4.78, 5) is 0.0331. The lowest BCUT2D eigenvalue weighted by Gasteiger charge is -2.25. The predicted molar refractivity (Wildman–Crippen MR) is 85.9 cm³/mol. The number of benzene rings is 2. The fraction of sp³-hybridized carbons (Fsp3) is 0.200. The number of fused-ring (bicyclic) bond motifs is 1. The van der Waals surface area contributed by atoms with Gasteiger partial charge in [-0.25, -0.2) is 8.42 Å². The molecule has 5 nitrogen and oxygen atoms in total. The first-order valence-corrected chi connectivity index (χ1v) is 8.60. The highest BCUT2D eigenvalue weighted by Gasteiger charge is 2.27. The monoisotopic (exact) mass is 338 g/mol. The van der Waals surface area contributed by atoms with E-state index in [0.717, 1.165) is 0 Å². The van der Waals surface area contributed by atoms with Gasteiger partial charge in [-0.1, -0.05) is 29.8 Å². The number of halogens is 1. The van der Waals surface area contributed by atoms with Gasteiger partial charge in [-0.15, -0.1) is 0 Å². The van der Waals surface area contributed by atoms with E-state index in [2.05, 4.69) is 4.72 Å². The van der Waals surface area contributed by atoms with Crippen LogP contribution in [0.4, 0.5) is 5.69 Å². The third kappa shape index (κ3) is 3.04. The first-order valence-electron chi connectivity index (χ1n) is 6.74. The van der Waals surface area contributed by atoms with Gasteiger partial charge in [0.25, 0.3) is 10.0 Å². The number of sulfonamides is 1. The molecule has 3 N–H and O–H groups in total. The van der Waals surface area contributed by atoms with Crippen LogP contribution in [0.3, 0.4) is 0 Å². The summed E-state index contributed by atoms with van der Waals surface area (Å²) >= 11 is 6.05. The third-order valence-corrected chi connectivity index (χ3v) is 4.94. The molecule has 0 bridgehead atoms. The quantitative estimate of drug-likeness (QED) is 0.900. The summed E-state index contributed by atoms with van der Waals surface area (Å²) in [5.41, 5.74) is 7.03. The van der Waals surface area contributed by atoms with Gasteiger partial charge < -0.3 is 10.5 Å². The average Bonchev–Trinajstić information content (AvgIpc) is 2.46. The van der Waals surface area contributed by atoms with Crippen molar-refractivity contribution in [2.24, 2.45) is 5.73 Å². The van der Waals surface area contributed by atoms with Crippen molar-refractivity contribution in [3.8, 4) is 5.75 Å². The van der Waals surface area contributed by atoms with Crippen molar-refractivity contribution in [2.75, 3.05) is 11.3 Å². The van der Waals surface area contributed by atoms with E-state index in [9.17, 15) is 8.42 Å². The van der Waals surface area contributed by atoms with Crippen molar-refractivity contribution in [3.05, 3.63) is 53.1 Å². The summed E-state index contributed by atoms with van der Waals surface area (Å²) in [5.74, 6) is 0.328. The van der Waals surface area contributed by atoms with Crippen molar-refractivity contribution < 1.29 is 13.2 Å². The molecule has 0 aliphatic carbocycles. The second-order valence-corrected chi connectivity index (χ2v) is 7.23. The lowest BCUT2D eigenvalue weighted by atomic mass is 10.0. The molecule has 22 heavy (non-hydrogen) atoms. The lowest BCUT2D eigenvalue weighted by Crippen LogP contribution is -2.34. The molecule has 7 heteroatoms. The Bertz CT molecular complexity index is 794. The van der Waals surface area contributed by atoms with Crippen molar-refractivity contribution >= 4 is 27.3 Å². The summed E-state index contributed by atoms with van der Waals surface area (Å²) in [6.45, 7) is 0.280. The minimum absolute atomic E-state index is 0.0331. The zero-order valence-electron chi connectivity index (χ0n) is 11.6. The molecule has 2 aromatic rings. The van der Waals surface area contributed by atoms with Gasteiger partial charge in [0.1, 0.15) is 17.3 Å². The van der Waals surface area contributed by atoms with Gasteiger partial charge in [0.2, 0.25) is 0 Å². The molecule has 0 unspecified atom stereocenters. The molecule has 2 aromatic carbocycles. The normalized spacial score (nSPS) is 17.5. The Morgan fingerprint density at radius 2 is 1.95 bits per heavy atom. The number of anilines is 1. The Labute approximate surface area is 134 Å². The first-order chi connectivity index (χ1) is 10.5. The highest BCUT2D eigenvalue weighted by atomic mass is 35.5. The Morgan fingerprint density at radius 1 is 1.23 bits per heavy atom. The number of hydrogen-bond acceptors (Lipinski definition) is 4. The molecule has 3 rings (SSSR count). The third-order valence-electron chi connectivity index (χ3n) is 3.34. The Hall–Kier alpha value is -1.76. The van der Waals surface area contributed by atoms with Gasteiger partial charge >= 0.3 is 0 Å². The summed E-state index contributed by atoms with van der Waals surface area (Å²) in [5, 5.41) is 0.338. The molecular weight excluding hydrogens is 324 g/mol. The molecule has 0 radical (unpaired) electrons. The topological polar surface area (TPSA) is 81.4 Å². The molecular formula is C15H15ClN2O3S. The van der Waals surface area contributed by atoms with Crippen LogP contribution in [-0.2, 0) is 16.4 Å². The van der Waals surface area contributed by atoms with Crippen LogP contribution in [0.15, 0.2) is 47.4 Å². The summed E-state index contributed by atoms with van der Waals surface area (Å²) in [7, 11) is -3.80. The van der Waals surface area contributed by atoms with E-state index in [-0.39, 0.29) is 17.5 Å². The van der Waals surface area contributed by atoms with Gasteiger partial charge in [0.05, 0.1) is 0 Å². The highest BCUT2D eigenvalue weighted by molar-refractivity contribution is 7.92. The highest BCUT2D eigenvalue weighted by Crippen LogP contribution is 2.35. The van der Waals surface area contributed by atoms with Crippen LogP contribution in [0.25, 0.3) is 0 Å². The van der Waals surface area contributed by atoms with Crippen molar-refractivity contribution in [3.63, 3.8) is 0 Å². The first kappa shape index (κ1) is 15.1. The van der Waals surface area contributed by atoms with E-state index in [4.69, 9.17) is 22.1 Å². The van der Waals surface area contributed by atoms with Crippen LogP contribution in [0.2, 0.25) is 5.02 Å². The van der Waals surface area contributed by atoms with Gasteiger partial charge in [0, 0.05) is 16.8 Å². The Kier molecular flexibility index (Phi) is 3.99. The van der Waals surface area contributed by atoms with Crippen LogP contribution in [0.1, 0.15) is 5.56 Å². The fourth-order valence-electron chi connectivity index (χ4n) is 2.39. The van der Waals surface area contributed by atoms with Crippen molar-refractivity contribution in [1.82, 2.24) is 0 Å². The fourth-order valence-corrected chi connectivity index (χ4v) is 3.96. The number of rotatable bonds is 3. The van der Waals surface area contributed by atoms with Crippen LogP contribution in [-0.4, -0.2) is 21.1 Å². The van der Waals surface area contributed by atoms with Gasteiger partial charge in [-0.05, 0) is 36.2 Å². The largest absolute Gasteiger partial charge is 0.490 e. The second-order valence-electron chi connectivity index (χ2n) is 5.14. The number of para-hydroxylation sites is 1. The molecule has 0 spiro atoms. The predicted octanol–water partition coefficient (Wildman–Crippen LogP) is 2.40. The zero-order chi connectivity index (χ0) is 15.7. The second kappa shape index (κ2) is 5.79. The molecule has 0 saturated heterocycles. The molecule has 0 aromatic heterocycles. The minimum atomic E-state index is -3.80.